The molecule has 0 fully saturated rings. The molecule has 0 bridgehead atoms. The fraction of sp³-hybridized carbons (Fsp3) is 0.143. The highest BCUT2D eigenvalue weighted by Crippen LogP contribution is 2.30. The Labute approximate surface area is 165 Å². The highest BCUT2D eigenvalue weighted by atomic mass is 32.1. The second kappa shape index (κ2) is 7.01. The van der Waals surface area contributed by atoms with Gasteiger partial charge in [0.05, 0.1) is 16.8 Å². The zero-order valence-electron chi connectivity index (χ0n) is 15.4. The van der Waals surface area contributed by atoms with Crippen LogP contribution in [0.3, 0.4) is 0 Å². The summed E-state index contributed by atoms with van der Waals surface area (Å²) in [5.74, 6) is -1.36. The van der Waals surface area contributed by atoms with E-state index in [9.17, 15) is 14.4 Å². The van der Waals surface area contributed by atoms with Crippen LogP contribution in [0.5, 0.6) is 0 Å². The van der Waals surface area contributed by atoms with Crippen molar-refractivity contribution in [3.63, 3.8) is 0 Å². The molecule has 1 aliphatic rings. The Morgan fingerprint density at radius 3 is 2.21 bits per heavy atom. The lowest BCUT2D eigenvalue weighted by atomic mass is 10.1. The molecule has 6 nitrogen and oxygen atoms in total. The SMILES string of the molecule is Cc1ccc(-c2nc(NC(=O)CN3C(=O)c4ccccc4C3=O)sc2C)cc1. The second-order valence-electron chi connectivity index (χ2n) is 6.58. The molecule has 0 spiro atoms. The number of amides is 3. The Morgan fingerprint density at radius 2 is 1.61 bits per heavy atom. The normalized spacial score (nSPS) is 13.0. The van der Waals surface area contributed by atoms with E-state index in [0.717, 1.165) is 26.6 Å². The minimum Gasteiger partial charge on any atom is -0.300 e. The maximum Gasteiger partial charge on any atom is 0.262 e. The fourth-order valence-electron chi connectivity index (χ4n) is 3.11. The minimum atomic E-state index is -0.460. The van der Waals surface area contributed by atoms with Gasteiger partial charge in [-0.3, -0.25) is 19.3 Å². The zero-order valence-corrected chi connectivity index (χ0v) is 16.2. The van der Waals surface area contributed by atoms with Crippen LogP contribution in [0.1, 0.15) is 31.2 Å². The van der Waals surface area contributed by atoms with Gasteiger partial charge in [0, 0.05) is 10.4 Å². The number of carbonyl (C=O) groups excluding carboxylic acids is 3. The van der Waals surface area contributed by atoms with Gasteiger partial charge in [-0.2, -0.15) is 0 Å². The number of imide groups is 1. The van der Waals surface area contributed by atoms with Gasteiger partial charge in [0.15, 0.2) is 5.13 Å². The van der Waals surface area contributed by atoms with Gasteiger partial charge in [0.25, 0.3) is 11.8 Å². The lowest BCUT2D eigenvalue weighted by molar-refractivity contribution is -0.116. The maximum atomic E-state index is 12.4. The molecule has 2 heterocycles. The van der Waals surface area contributed by atoms with Crippen LogP contribution in [-0.4, -0.2) is 34.2 Å². The van der Waals surface area contributed by atoms with Crippen LogP contribution < -0.4 is 5.32 Å². The Hall–Kier alpha value is -3.32. The first-order valence-corrected chi connectivity index (χ1v) is 9.55. The molecule has 140 valence electrons. The molecule has 7 heteroatoms. The highest BCUT2D eigenvalue weighted by Gasteiger charge is 2.36. The van der Waals surface area contributed by atoms with Gasteiger partial charge >= 0.3 is 0 Å². The third kappa shape index (κ3) is 3.20. The molecule has 2 aromatic carbocycles. The number of nitrogens with zero attached hydrogens (tertiary/aromatic N) is 2. The van der Waals surface area contributed by atoms with Gasteiger partial charge in [-0.05, 0) is 26.0 Å². The number of benzene rings is 2. The first kappa shape index (κ1) is 18.1. The largest absolute Gasteiger partial charge is 0.300 e. The van der Waals surface area contributed by atoms with Crippen molar-refractivity contribution in [2.75, 3.05) is 11.9 Å². The van der Waals surface area contributed by atoms with E-state index >= 15 is 0 Å². The monoisotopic (exact) mass is 391 g/mol. The summed E-state index contributed by atoms with van der Waals surface area (Å²) < 4.78 is 0. The Morgan fingerprint density at radius 1 is 1.00 bits per heavy atom. The Balaban J connectivity index is 1.48. The summed E-state index contributed by atoms with van der Waals surface area (Å²) in [7, 11) is 0. The molecule has 0 saturated heterocycles. The van der Waals surface area contributed by atoms with Crippen LogP contribution >= 0.6 is 11.3 Å². The van der Waals surface area contributed by atoms with Crippen molar-refractivity contribution in [1.29, 1.82) is 0 Å². The van der Waals surface area contributed by atoms with Crippen molar-refractivity contribution < 1.29 is 14.4 Å². The number of hydrogen-bond acceptors (Lipinski definition) is 5. The summed E-state index contributed by atoms with van der Waals surface area (Å²) in [4.78, 5) is 43.6. The van der Waals surface area contributed by atoms with Gasteiger partial charge in [-0.15, -0.1) is 11.3 Å². The van der Waals surface area contributed by atoms with Crippen molar-refractivity contribution in [2.45, 2.75) is 13.8 Å². The summed E-state index contributed by atoms with van der Waals surface area (Å²) in [6, 6.07) is 14.6. The molecule has 0 radical (unpaired) electrons. The van der Waals surface area contributed by atoms with E-state index in [4.69, 9.17) is 0 Å². The third-order valence-corrected chi connectivity index (χ3v) is 5.43. The van der Waals surface area contributed by atoms with Crippen molar-refractivity contribution in [2.24, 2.45) is 0 Å². The zero-order chi connectivity index (χ0) is 19.8. The van der Waals surface area contributed by atoms with E-state index in [0.29, 0.717) is 16.3 Å². The molecule has 0 atom stereocenters. The predicted octanol–water partition coefficient (Wildman–Crippen LogP) is 3.66. The van der Waals surface area contributed by atoms with E-state index in [1.54, 1.807) is 24.3 Å². The Bertz CT molecular complexity index is 1070. The standard InChI is InChI=1S/C21H17N3O3S/c1-12-7-9-14(10-8-12)18-13(2)28-21(23-18)22-17(25)11-24-19(26)15-5-3-4-6-16(15)20(24)27/h3-10H,11H2,1-2H3,(H,22,23,25). The van der Waals surface area contributed by atoms with E-state index in [1.165, 1.54) is 11.3 Å². The van der Waals surface area contributed by atoms with Gasteiger partial charge in [0.2, 0.25) is 5.91 Å². The molecule has 1 aliphatic heterocycles. The highest BCUT2D eigenvalue weighted by molar-refractivity contribution is 7.16. The average Bonchev–Trinajstić information content (AvgIpc) is 3.15. The fourth-order valence-corrected chi connectivity index (χ4v) is 3.97. The first-order chi connectivity index (χ1) is 13.4. The molecular weight excluding hydrogens is 374 g/mol. The van der Waals surface area contributed by atoms with Crippen LogP contribution in [0, 0.1) is 13.8 Å². The quantitative estimate of drug-likeness (QED) is 0.689. The first-order valence-electron chi connectivity index (χ1n) is 8.73. The predicted molar refractivity (Wildman–Crippen MR) is 107 cm³/mol. The average molecular weight is 391 g/mol. The number of fused-ring (bicyclic) bond motifs is 1. The van der Waals surface area contributed by atoms with E-state index in [2.05, 4.69) is 10.3 Å². The molecule has 0 saturated carbocycles. The topological polar surface area (TPSA) is 79.4 Å². The summed E-state index contributed by atoms with van der Waals surface area (Å²) in [5, 5.41) is 3.14. The second-order valence-corrected chi connectivity index (χ2v) is 7.78. The minimum absolute atomic E-state index is 0.326. The lowest BCUT2D eigenvalue weighted by Crippen LogP contribution is -2.37. The maximum absolute atomic E-state index is 12.4. The van der Waals surface area contributed by atoms with Crippen LogP contribution in [0.4, 0.5) is 5.13 Å². The van der Waals surface area contributed by atoms with Crippen LogP contribution in [0.25, 0.3) is 11.3 Å². The number of rotatable bonds is 4. The number of thiazole rings is 1. The van der Waals surface area contributed by atoms with Crippen LogP contribution in [0.2, 0.25) is 0 Å². The number of anilines is 1. The number of nitrogens with one attached hydrogen (secondary N) is 1. The molecule has 3 amide bonds. The number of hydrogen-bond donors (Lipinski definition) is 1. The van der Waals surface area contributed by atoms with Crippen LogP contribution in [0.15, 0.2) is 48.5 Å². The van der Waals surface area contributed by atoms with Gasteiger partial charge in [-0.1, -0.05) is 42.0 Å². The molecule has 4 rings (SSSR count). The number of aryl methyl sites for hydroxylation is 2. The van der Waals surface area contributed by atoms with Crippen molar-refractivity contribution in [1.82, 2.24) is 9.88 Å². The van der Waals surface area contributed by atoms with Crippen molar-refractivity contribution in [3.05, 3.63) is 70.1 Å². The molecule has 1 aromatic heterocycles. The molecule has 28 heavy (non-hydrogen) atoms. The van der Waals surface area contributed by atoms with Crippen LogP contribution in [-0.2, 0) is 4.79 Å². The summed E-state index contributed by atoms with van der Waals surface area (Å²) in [6.07, 6.45) is 0. The molecule has 0 unspecified atom stereocenters. The third-order valence-electron chi connectivity index (χ3n) is 4.55. The van der Waals surface area contributed by atoms with Crippen molar-refractivity contribution in [3.8, 4) is 11.3 Å². The van der Waals surface area contributed by atoms with Gasteiger partial charge in [-0.25, -0.2) is 4.98 Å². The summed E-state index contributed by atoms with van der Waals surface area (Å²) >= 11 is 1.36. The molecular formula is C21H17N3O3S. The summed E-state index contributed by atoms with van der Waals surface area (Å²) in [6.45, 7) is 3.61. The van der Waals surface area contributed by atoms with E-state index < -0.39 is 17.7 Å². The van der Waals surface area contributed by atoms with Gasteiger partial charge in [0.1, 0.15) is 6.54 Å². The molecule has 1 N–H and O–H groups in total. The van der Waals surface area contributed by atoms with Crippen molar-refractivity contribution >= 4 is 34.2 Å². The summed E-state index contributed by atoms with van der Waals surface area (Å²) in [5.41, 5.74) is 3.59. The molecule has 3 aromatic rings. The Kier molecular flexibility index (Phi) is 4.52. The smallest absolute Gasteiger partial charge is 0.262 e. The number of carbonyl (C=O) groups is 3. The lowest BCUT2D eigenvalue weighted by Gasteiger charge is -2.12. The van der Waals surface area contributed by atoms with Gasteiger partial charge < -0.3 is 5.32 Å². The number of aromatic nitrogens is 1. The van der Waals surface area contributed by atoms with E-state index in [-0.39, 0.29) is 6.54 Å². The molecule has 0 aliphatic carbocycles. The van der Waals surface area contributed by atoms with E-state index in [1.807, 2.05) is 38.1 Å².